The van der Waals surface area contributed by atoms with E-state index >= 15 is 0 Å². The fourth-order valence-electron chi connectivity index (χ4n) is 1.81. The van der Waals surface area contributed by atoms with Crippen LogP contribution < -0.4 is 14.8 Å². The summed E-state index contributed by atoms with van der Waals surface area (Å²) in [6.07, 6.45) is 2.40. The number of rotatable bonds is 4. The zero-order chi connectivity index (χ0) is 11.4. The molecule has 16 heavy (non-hydrogen) atoms. The van der Waals surface area contributed by atoms with Crippen molar-refractivity contribution in [3.8, 4) is 11.5 Å². The van der Waals surface area contributed by atoms with Crippen LogP contribution in [0.1, 0.15) is 12.8 Å². The molecule has 1 saturated heterocycles. The van der Waals surface area contributed by atoms with Gasteiger partial charge in [-0.05, 0) is 31.5 Å². The van der Waals surface area contributed by atoms with Gasteiger partial charge in [0, 0.05) is 12.1 Å². The second-order valence-corrected chi connectivity index (χ2v) is 4.31. The first-order valence-corrected chi connectivity index (χ1v) is 5.87. The average Bonchev–Trinajstić information content (AvgIpc) is 2.80. The van der Waals surface area contributed by atoms with E-state index in [1.54, 1.807) is 13.2 Å². The van der Waals surface area contributed by atoms with Crippen LogP contribution in [0.25, 0.3) is 0 Å². The SMILES string of the molecule is COc1ccc(OCC2CCCN2)c(Cl)c1. The molecule has 0 radical (unpaired) electrons. The fourth-order valence-corrected chi connectivity index (χ4v) is 2.04. The highest BCUT2D eigenvalue weighted by molar-refractivity contribution is 6.32. The van der Waals surface area contributed by atoms with E-state index in [-0.39, 0.29) is 0 Å². The van der Waals surface area contributed by atoms with Crippen LogP contribution in [0.5, 0.6) is 11.5 Å². The molecule has 0 spiro atoms. The van der Waals surface area contributed by atoms with Crippen molar-refractivity contribution in [2.75, 3.05) is 20.3 Å². The number of hydrogen-bond acceptors (Lipinski definition) is 3. The molecule has 3 nitrogen and oxygen atoms in total. The number of halogens is 1. The summed E-state index contributed by atoms with van der Waals surface area (Å²) in [6, 6.07) is 5.91. The van der Waals surface area contributed by atoms with Gasteiger partial charge in [-0.25, -0.2) is 0 Å². The van der Waals surface area contributed by atoms with Gasteiger partial charge in [-0.15, -0.1) is 0 Å². The Balaban J connectivity index is 1.93. The van der Waals surface area contributed by atoms with Crippen molar-refractivity contribution in [2.45, 2.75) is 18.9 Å². The molecule has 4 heteroatoms. The lowest BCUT2D eigenvalue weighted by atomic mass is 10.2. The lowest BCUT2D eigenvalue weighted by molar-refractivity contribution is 0.277. The maximum absolute atomic E-state index is 6.07. The van der Waals surface area contributed by atoms with Gasteiger partial charge in [-0.3, -0.25) is 0 Å². The van der Waals surface area contributed by atoms with Crippen LogP contribution in [0, 0.1) is 0 Å². The maximum Gasteiger partial charge on any atom is 0.138 e. The summed E-state index contributed by atoms with van der Waals surface area (Å²) in [7, 11) is 1.62. The lowest BCUT2D eigenvalue weighted by Gasteiger charge is -2.13. The number of hydrogen-bond donors (Lipinski definition) is 1. The van der Waals surface area contributed by atoms with E-state index in [0.29, 0.717) is 17.7 Å². The zero-order valence-corrected chi connectivity index (χ0v) is 10.1. The minimum Gasteiger partial charge on any atom is -0.497 e. The van der Waals surface area contributed by atoms with Crippen molar-refractivity contribution in [3.63, 3.8) is 0 Å². The zero-order valence-electron chi connectivity index (χ0n) is 9.33. The van der Waals surface area contributed by atoms with Gasteiger partial charge in [0.1, 0.15) is 18.1 Å². The summed E-state index contributed by atoms with van der Waals surface area (Å²) in [4.78, 5) is 0. The number of benzene rings is 1. The summed E-state index contributed by atoms with van der Waals surface area (Å²) in [6.45, 7) is 1.76. The van der Waals surface area contributed by atoms with Crippen molar-refractivity contribution in [3.05, 3.63) is 23.2 Å². The van der Waals surface area contributed by atoms with E-state index in [2.05, 4.69) is 5.32 Å². The highest BCUT2D eigenvalue weighted by atomic mass is 35.5. The third-order valence-corrected chi connectivity index (χ3v) is 3.04. The Bertz CT molecular complexity index is 351. The standard InChI is InChI=1S/C12H16ClNO2/c1-15-10-4-5-12(11(13)7-10)16-8-9-3-2-6-14-9/h4-5,7,9,14H,2-3,6,8H2,1H3. The number of nitrogens with one attached hydrogen (secondary N) is 1. The molecular weight excluding hydrogens is 226 g/mol. The molecule has 0 aliphatic carbocycles. The Morgan fingerprint density at radius 3 is 3.00 bits per heavy atom. The van der Waals surface area contributed by atoms with Crippen LogP contribution in [-0.4, -0.2) is 26.3 Å². The highest BCUT2D eigenvalue weighted by Gasteiger charge is 2.15. The third kappa shape index (κ3) is 2.80. The molecule has 1 aliphatic heterocycles. The Hall–Kier alpha value is -0.930. The minimum absolute atomic E-state index is 0.457. The summed E-state index contributed by atoms with van der Waals surface area (Å²) < 4.78 is 10.7. The van der Waals surface area contributed by atoms with Crippen LogP contribution >= 0.6 is 11.6 Å². The summed E-state index contributed by atoms with van der Waals surface area (Å²) in [5, 5.41) is 3.97. The quantitative estimate of drug-likeness (QED) is 0.879. The van der Waals surface area contributed by atoms with Crippen LogP contribution in [0.2, 0.25) is 5.02 Å². The van der Waals surface area contributed by atoms with Crippen LogP contribution in [0.3, 0.4) is 0 Å². The minimum atomic E-state index is 0.457. The summed E-state index contributed by atoms with van der Waals surface area (Å²) in [5.41, 5.74) is 0. The smallest absolute Gasteiger partial charge is 0.138 e. The molecular formula is C12H16ClNO2. The van der Waals surface area contributed by atoms with E-state index in [1.807, 2.05) is 12.1 Å². The normalized spacial score (nSPS) is 19.8. The molecule has 1 N–H and O–H groups in total. The first-order chi connectivity index (χ1) is 7.79. The van der Waals surface area contributed by atoms with Crippen LogP contribution in [-0.2, 0) is 0 Å². The first kappa shape index (κ1) is 11.6. The van der Waals surface area contributed by atoms with E-state index in [9.17, 15) is 0 Å². The maximum atomic E-state index is 6.07. The van der Waals surface area contributed by atoms with Gasteiger partial charge in [0.15, 0.2) is 0 Å². The molecule has 0 bridgehead atoms. The molecule has 2 rings (SSSR count). The van der Waals surface area contributed by atoms with Gasteiger partial charge in [0.05, 0.1) is 12.1 Å². The van der Waals surface area contributed by atoms with Gasteiger partial charge in [-0.1, -0.05) is 11.6 Å². The van der Waals surface area contributed by atoms with Crippen LogP contribution in [0.15, 0.2) is 18.2 Å². The van der Waals surface area contributed by atoms with Crippen molar-refractivity contribution in [1.82, 2.24) is 5.32 Å². The molecule has 1 aromatic rings. The van der Waals surface area contributed by atoms with Gasteiger partial charge in [0.2, 0.25) is 0 Å². The molecule has 1 atom stereocenters. The summed E-state index contributed by atoms with van der Waals surface area (Å²) in [5.74, 6) is 1.47. The third-order valence-electron chi connectivity index (χ3n) is 2.74. The first-order valence-electron chi connectivity index (χ1n) is 5.49. The van der Waals surface area contributed by atoms with Gasteiger partial charge < -0.3 is 14.8 Å². The van der Waals surface area contributed by atoms with Gasteiger partial charge >= 0.3 is 0 Å². The molecule has 1 aromatic carbocycles. The van der Waals surface area contributed by atoms with E-state index in [1.165, 1.54) is 12.8 Å². The van der Waals surface area contributed by atoms with Crippen LogP contribution in [0.4, 0.5) is 0 Å². The molecule has 0 aromatic heterocycles. The largest absolute Gasteiger partial charge is 0.497 e. The second kappa shape index (κ2) is 5.41. The molecule has 1 unspecified atom stereocenters. The lowest BCUT2D eigenvalue weighted by Crippen LogP contribution is -2.28. The predicted octanol–water partition coefficient (Wildman–Crippen LogP) is 2.48. The topological polar surface area (TPSA) is 30.5 Å². The second-order valence-electron chi connectivity index (χ2n) is 3.90. The molecule has 0 saturated carbocycles. The van der Waals surface area contributed by atoms with Crippen molar-refractivity contribution in [1.29, 1.82) is 0 Å². The molecule has 1 fully saturated rings. The highest BCUT2D eigenvalue weighted by Crippen LogP contribution is 2.28. The molecule has 1 heterocycles. The number of ether oxygens (including phenoxy) is 2. The number of methoxy groups -OCH3 is 1. The molecule has 0 amide bonds. The Morgan fingerprint density at radius 2 is 2.38 bits per heavy atom. The molecule has 88 valence electrons. The predicted molar refractivity (Wildman–Crippen MR) is 64.5 cm³/mol. The van der Waals surface area contributed by atoms with Gasteiger partial charge in [-0.2, -0.15) is 0 Å². The summed E-state index contributed by atoms with van der Waals surface area (Å²) >= 11 is 6.07. The Labute approximate surface area is 101 Å². The Morgan fingerprint density at radius 1 is 1.50 bits per heavy atom. The fraction of sp³-hybridized carbons (Fsp3) is 0.500. The monoisotopic (exact) mass is 241 g/mol. The van der Waals surface area contributed by atoms with Crippen molar-refractivity contribution in [2.24, 2.45) is 0 Å². The molecule has 1 aliphatic rings. The van der Waals surface area contributed by atoms with E-state index in [0.717, 1.165) is 18.0 Å². The van der Waals surface area contributed by atoms with E-state index < -0.39 is 0 Å². The van der Waals surface area contributed by atoms with Gasteiger partial charge in [0.25, 0.3) is 0 Å². The average molecular weight is 242 g/mol. The van der Waals surface area contributed by atoms with Crippen molar-refractivity contribution >= 4 is 11.6 Å². The van der Waals surface area contributed by atoms with E-state index in [4.69, 9.17) is 21.1 Å². The van der Waals surface area contributed by atoms with Crippen molar-refractivity contribution < 1.29 is 9.47 Å². The Kier molecular flexibility index (Phi) is 3.91.